The standard InChI is InChI=1S/C18H32O4Si/c1-12(2)9-19-15-7-8-16(22-23)18(21-11-14(5)6)17(15)20-10-13(3)4/h7-8,12-14H,9-11H2,1-6,23H3. The summed E-state index contributed by atoms with van der Waals surface area (Å²) >= 11 is 0. The number of ether oxygens (including phenoxy) is 3. The molecule has 0 atom stereocenters. The molecule has 1 rings (SSSR count). The topological polar surface area (TPSA) is 36.9 Å². The molecule has 132 valence electrons. The molecule has 0 saturated heterocycles. The Balaban J connectivity index is 3.14. The van der Waals surface area contributed by atoms with Gasteiger partial charge in [0.05, 0.1) is 19.8 Å². The smallest absolute Gasteiger partial charge is 0.207 e. The zero-order valence-electron chi connectivity index (χ0n) is 15.6. The minimum absolute atomic E-state index is 0.423. The minimum Gasteiger partial charge on any atom is -0.551 e. The Hall–Kier alpha value is -1.36. The van der Waals surface area contributed by atoms with Gasteiger partial charge < -0.3 is 18.6 Å². The Labute approximate surface area is 144 Å². The van der Waals surface area contributed by atoms with Crippen molar-refractivity contribution in [3.8, 4) is 23.0 Å². The summed E-state index contributed by atoms with van der Waals surface area (Å²) in [4.78, 5) is 0. The van der Waals surface area contributed by atoms with Crippen molar-refractivity contribution in [1.82, 2.24) is 0 Å². The van der Waals surface area contributed by atoms with E-state index in [2.05, 4.69) is 41.5 Å². The highest BCUT2D eigenvalue weighted by Gasteiger charge is 2.19. The van der Waals surface area contributed by atoms with Gasteiger partial charge in [-0.2, -0.15) is 0 Å². The fourth-order valence-corrected chi connectivity index (χ4v) is 2.15. The molecule has 0 bridgehead atoms. The van der Waals surface area contributed by atoms with Gasteiger partial charge in [0, 0.05) is 0 Å². The van der Waals surface area contributed by atoms with Gasteiger partial charge in [-0.05, 0) is 29.9 Å². The van der Waals surface area contributed by atoms with Gasteiger partial charge in [0.15, 0.2) is 5.75 Å². The van der Waals surface area contributed by atoms with Gasteiger partial charge in [-0.3, -0.25) is 0 Å². The average Bonchev–Trinajstić information content (AvgIpc) is 2.48. The second-order valence-electron chi connectivity index (χ2n) is 7.04. The Kier molecular flexibility index (Phi) is 8.30. The van der Waals surface area contributed by atoms with E-state index in [0.717, 1.165) is 11.5 Å². The molecule has 0 saturated carbocycles. The van der Waals surface area contributed by atoms with Crippen LogP contribution in [0.5, 0.6) is 23.0 Å². The molecule has 1 aromatic carbocycles. The first-order chi connectivity index (χ1) is 10.8. The Morgan fingerprint density at radius 2 is 1.09 bits per heavy atom. The summed E-state index contributed by atoms with van der Waals surface area (Å²) in [5, 5.41) is 0. The van der Waals surface area contributed by atoms with Crippen molar-refractivity contribution in [3.63, 3.8) is 0 Å². The van der Waals surface area contributed by atoms with E-state index in [1.807, 2.05) is 12.1 Å². The molecule has 0 fully saturated rings. The molecule has 0 aromatic heterocycles. The lowest BCUT2D eigenvalue weighted by Crippen LogP contribution is -2.12. The molecule has 0 radical (unpaired) electrons. The molecule has 23 heavy (non-hydrogen) atoms. The fraction of sp³-hybridized carbons (Fsp3) is 0.667. The first-order valence-electron chi connectivity index (χ1n) is 8.44. The highest BCUT2D eigenvalue weighted by molar-refractivity contribution is 6.00. The van der Waals surface area contributed by atoms with Crippen LogP contribution in [0.4, 0.5) is 0 Å². The maximum Gasteiger partial charge on any atom is 0.207 e. The summed E-state index contributed by atoms with van der Waals surface area (Å²) in [6.07, 6.45) is 0. The van der Waals surface area contributed by atoms with Crippen LogP contribution in [-0.2, 0) is 0 Å². The number of hydrogen-bond acceptors (Lipinski definition) is 4. The first kappa shape index (κ1) is 19.7. The molecule has 4 nitrogen and oxygen atoms in total. The van der Waals surface area contributed by atoms with Crippen LogP contribution in [-0.4, -0.2) is 30.3 Å². The van der Waals surface area contributed by atoms with E-state index in [4.69, 9.17) is 18.6 Å². The van der Waals surface area contributed by atoms with E-state index in [0.29, 0.717) is 59.6 Å². The zero-order valence-corrected chi connectivity index (χ0v) is 17.6. The summed E-state index contributed by atoms with van der Waals surface area (Å²) in [6, 6.07) is 3.81. The van der Waals surface area contributed by atoms with E-state index in [1.54, 1.807) is 0 Å². The molecule has 0 N–H and O–H groups in total. The van der Waals surface area contributed by atoms with Gasteiger partial charge in [0.1, 0.15) is 5.75 Å². The molecule has 0 aliphatic heterocycles. The number of hydrogen-bond donors (Lipinski definition) is 0. The SMILES string of the molecule is CC(C)COc1ccc(O[SiH3])c(OCC(C)C)c1OCC(C)C. The van der Waals surface area contributed by atoms with Crippen molar-refractivity contribution < 1.29 is 18.6 Å². The number of benzene rings is 1. The molecule has 0 heterocycles. The Bertz CT molecular complexity index is 472. The van der Waals surface area contributed by atoms with E-state index in [-0.39, 0.29) is 0 Å². The lowest BCUT2D eigenvalue weighted by molar-refractivity contribution is 0.204. The van der Waals surface area contributed by atoms with Gasteiger partial charge in [-0.1, -0.05) is 41.5 Å². The van der Waals surface area contributed by atoms with Crippen molar-refractivity contribution in [2.24, 2.45) is 17.8 Å². The van der Waals surface area contributed by atoms with E-state index in [1.165, 1.54) is 0 Å². The van der Waals surface area contributed by atoms with Gasteiger partial charge >= 0.3 is 0 Å². The molecule has 5 heteroatoms. The minimum atomic E-state index is 0.423. The molecule has 0 aliphatic carbocycles. The summed E-state index contributed by atoms with van der Waals surface area (Å²) < 4.78 is 23.5. The van der Waals surface area contributed by atoms with Crippen LogP contribution in [0, 0.1) is 17.8 Å². The van der Waals surface area contributed by atoms with Gasteiger partial charge in [0.2, 0.25) is 22.0 Å². The largest absolute Gasteiger partial charge is 0.551 e. The van der Waals surface area contributed by atoms with Crippen LogP contribution < -0.4 is 18.6 Å². The first-order valence-corrected chi connectivity index (χ1v) is 9.26. The van der Waals surface area contributed by atoms with Crippen molar-refractivity contribution >= 4 is 10.5 Å². The Morgan fingerprint density at radius 3 is 1.52 bits per heavy atom. The third kappa shape index (κ3) is 6.73. The zero-order chi connectivity index (χ0) is 17.4. The number of rotatable bonds is 10. The van der Waals surface area contributed by atoms with Gasteiger partial charge in [-0.15, -0.1) is 0 Å². The summed E-state index contributed by atoms with van der Waals surface area (Å²) in [7, 11) is 0.598. The predicted molar refractivity (Wildman–Crippen MR) is 98.0 cm³/mol. The molecular weight excluding hydrogens is 308 g/mol. The van der Waals surface area contributed by atoms with Crippen LogP contribution >= 0.6 is 0 Å². The normalized spacial score (nSPS) is 11.3. The Morgan fingerprint density at radius 1 is 0.696 bits per heavy atom. The summed E-state index contributed by atoms with van der Waals surface area (Å²) in [5.41, 5.74) is 0. The van der Waals surface area contributed by atoms with E-state index < -0.39 is 0 Å². The van der Waals surface area contributed by atoms with Crippen LogP contribution in [0.15, 0.2) is 12.1 Å². The van der Waals surface area contributed by atoms with Gasteiger partial charge in [0.25, 0.3) is 0 Å². The van der Waals surface area contributed by atoms with Crippen molar-refractivity contribution in [2.75, 3.05) is 19.8 Å². The van der Waals surface area contributed by atoms with Crippen LogP contribution in [0.3, 0.4) is 0 Å². The lowest BCUT2D eigenvalue weighted by atomic mass is 10.2. The van der Waals surface area contributed by atoms with E-state index >= 15 is 0 Å². The third-order valence-electron chi connectivity index (χ3n) is 2.95. The maximum absolute atomic E-state index is 6.02. The average molecular weight is 341 g/mol. The van der Waals surface area contributed by atoms with E-state index in [9.17, 15) is 0 Å². The lowest BCUT2D eigenvalue weighted by Gasteiger charge is -2.21. The predicted octanol–water partition coefficient (Wildman–Crippen LogP) is 3.45. The quantitative estimate of drug-likeness (QED) is 0.611. The molecule has 1 aromatic rings. The molecule has 0 unspecified atom stereocenters. The second-order valence-corrected chi connectivity index (χ2v) is 7.45. The van der Waals surface area contributed by atoms with Gasteiger partial charge in [-0.25, -0.2) is 0 Å². The van der Waals surface area contributed by atoms with Crippen molar-refractivity contribution in [1.29, 1.82) is 0 Å². The van der Waals surface area contributed by atoms with Crippen LogP contribution in [0.25, 0.3) is 0 Å². The third-order valence-corrected chi connectivity index (χ3v) is 3.39. The monoisotopic (exact) mass is 340 g/mol. The maximum atomic E-state index is 6.02. The van der Waals surface area contributed by atoms with Crippen LogP contribution in [0.1, 0.15) is 41.5 Å². The van der Waals surface area contributed by atoms with Crippen LogP contribution in [0.2, 0.25) is 0 Å². The second kappa shape index (κ2) is 9.70. The molecule has 0 amide bonds. The highest BCUT2D eigenvalue weighted by atomic mass is 28.2. The summed E-state index contributed by atoms with van der Waals surface area (Å²) in [6.45, 7) is 14.6. The highest BCUT2D eigenvalue weighted by Crippen LogP contribution is 2.45. The fourth-order valence-electron chi connectivity index (χ4n) is 1.83. The van der Waals surface area contributed by atoms with Crippen molar-refractivity contribution in [2.45, 2.75) is 41.5 Å². The summed E-state index contributed by atoms with van der Waals surface area (Å²) in [5.74, 6) is 4.07. The molecule has 0 aliphatic rings. The molecular formula is C18H32O4Si. The van der Waals surface area contributed by atoms with Crippen molar-refractivity contribution in [3.05, 3.63) is 12.1 Å². The molecule has 0 spiro atoms.